The molecule has 0 spiro atoms. The quantitative estimate of drug-likeness (QED) is 0.203. The van der Waals surface area contributed by atoms with Gasteiger partial charge < -0.3 is 25.1 Å². The lowest BCUT2D eigenvalue weighted by molar-refractivity contribution is -0.142. The summed E-state index contributed by atoms with van der Waals surface area (Å²) in [5.41, 5.74) is 4.97. The third-order valence-electron chi connectivity index (χ3n) is 9.94. The third kappa shape index (κ3) is 7.17. The fraction of sp³-hybridized carbons (Fsp3) is 0.268. The predicted molar refractivity (Wildman–Crippen MR) is 192 cm³/mol. The molecular formula is C41H41N5O4. The zero-order valence-corrected chi connectivity index (χ0v) is 27.9. The highest BCUT2D eigenvalue weighted by molar-refractivity contribution is 5.86. The molecule has 2 aliphatic heterocycles. The van der Waals surface area contributed by atoms with Gasteiger partial charge in [-0.3, -0.25) is 14.6 Å². The molecule has 2 fully saturated rings. The van der Waals surface area contributed by atoms with Crippen molar-refractivity contribution in [3.05, 3.63) is 144 Å². The lowest BCUT2D eigenvalue weighted by Crippen LogP contribution is -2.62. The van der Waals surface area contributed by atoms with Gasteiger partial charge in [-0.1, -0.05) is 97.1 Å². The van der Waals surface area contributed by atoms with Crippen molar-refractivity contribution >= 4 is 28.7 Å². The Hall–Kier alpha value is -5.70. The van der Waals surface area contributed by atoms with E-state index in [2.05, 4.69) is 34.6 Å². The topological polar surface area (TPSA) is 106 Å². The van der Waals surface area contributed by atoms with Gasteiger partial charge in [0.25, 0.3) is 0 Å². The first-order chi connectivity index (χ1) is 24.4. The molecule has 3 heterocycles. The lowest BCUT2D eigenvalue weighted by Gasteiger charge is -2.43. The molecule has 2 N–H and O–H groups in total. The molecule has 0 aliphatic carbocycles. The zero-order chi connectivity index (χ0) is 34.5. The number of aromatic hydroxyl groups is 1. The molecule has 4 amide bonds. The number of fused-ring (bicyclic) bond motifs is 2. The summed E-state index contributed by atoms with van der Waals surface area (Å²) in [4.78, 5) is 51.8. The molecule has 2 atom stereocenters. The molecular weight excluding hydrogens is 626 g/mol. The Kier molecular flexibility index (Phi) is 9.73. The van der Waals surface area contributed by atoms with Crippen LogP contribution in [-0.4, -0.2) is 75.0 Å². The smallest absolute Gasteiger partial charge is 0.319 e. The Balaban J connectivity index is 1.14. The highest BCUT2D eigenvalue weighted by Gasteiger charge is 2.44. The average Bonchev–Trinajstić information content (AvgIpc) is 3.28. The molecule has 7 rings (SSSR count). The number of urea groups is 1. The number of carbonyl (C=O) groups excluding carboxylic acids is 3. The number of aromatic nitrogens is 1. The van der Waals surface area contributed by atoms with Gasteiger partial charge in [0.2, 0.25) is 11.8 Å². The van der Waals surface area contributed by atoms with Gasteiger partial charge in [0, 0.05) is 50.1 Å². The first kappa shape index (κ1) is 32.8. The monoisotopic (exact) mass is 667 g/mol. The predicted octanol–water partition coefficient (Wildman–Crippen LogP) is 5.93. The summed E-state index contributed by atoms with van der Waals surface area (Å²) >= 11 is 0. The first-order valence-electron chi connectivity index (χ1n) is 17.3. The van der Waals surface area contributed by atoms with Crippen LogP contribution in [0.2, 0.25) is 0 Å². The molecule has 2 saturated heterocycles. The van der Waals surface area contributed by atoms with Crippen molar-refractivity contribution in [3.63, 3.8) is 0 Å². The number of hydrogen-bond acceptors (Lipinski definition) is 5. The van der Waals surface area contributed by atoms with Crippen LogP contribution in [0.3, 0.4) is 0 Å². The van der Waals surface area contributed by atoms with Gasteiger partial charge in [-0.2, -0.15) is 0 Å². The number of amides is 4. The van der Waals surface area contributed by atoms with Crippen molar-refractivity contribution in [3.8, 4) is 5.75 Å². The molecule has 2 aliphatic rings. The summed E-state index contributed by atoms with van der Waals surface area (Å²) in [5, 5.41) is 14.0. The molecule has 50 heavy (non-hydrogen) atoms. The molecule has 9 nitrogen and oxygen atoms in total. The second kappa shape index (κ2) is 14.8. The van der Waals surface area contributed by atoms with Gasteiger partial charge in [-0.25, -0.2) is 4.79 Å². The van der Waals surface area contributed by atoms with E-state index < -0.39 is 12.1 Å². The summed E-state index contributed by atoms with van der Waals surface area (Å²) in [7, 11) is 0. The highest BCUT2D eigenvalue weighted by atomic mass is 16.3. The van der Waals surface area contributed by atoms with Crippen LogP contribution in [0, 0.1) is 5.92 Å². The number of benzene rings is 4. The normalized spacial score (nSPS) is 17.9. The first-order valence-corrected chi connectivity index (χ1v) is 17.3. The number of para-hydroxylation sites is 1. The number of phenols is 1. The highest BCUT2D eigenvalue weighted by Crippen LogP contribution is 2.30. The van der Waals surface area contributed by atoms with E-state index in [9.17, 15) is 19.5 Å². The van der Waals surface area contributed by atoms with E-state index in [1.165, 1.54) is 11.1 Å². The van der Waals surface area contributed by atoms with Crippen LogP contribution in [0.5, 0.6) is 5.75 Å². The number of carbonyl (C=O) groups is 3. The maximum Gasteiger partial charge on any atom is 0.319 e. The van der Waals surface area contributed by atoms with Crippen molar-refractivity contribution in [2.45, 2.75) is 37.9 Å². The van der Waals surface area contributed by atoms with Crippen LogP contribution in [0.4, 0.5) is 4.79 Å². The SMILES string of the molecule is O=C1[C@H](Cc2ccc(O)cc2)CN2C(=O)CCN(C(=O)NCCC(c3ccccc3)c3ccccc3)C2CN1Cc1cccc2cccnc12. The van der Waals surface area contributed by atoms with Crippen molar-refractivity contribution < 1.29 is 19.5 Å². The van der Waals surface area contributed by atoms with E-state index in [0.29, 0.717) is 25.9 Å². The van der Waals surface area contributed by atoms with Crippen molar-refractivity contribution in [1.82, 2.24) is 25.0 Å². The standard InChI is InChI=1S/C41H41N5O4/c47-35-18-16-29(17-19-35)25-34-27-46-37(28-44(40(34)49)26-33-14-7-13-32-15-8-22-42-39(32)33)45(24-21-38(46)48)41(50)43-23-20-36(30-9-3-1-4-10-30)31-11-5-2-6-12-31/h1-19,22,34,36-37,47H,20-21,23-28H2,(H,43,50)/t34-,37?/m1/s1. The number of nitrogens with one attached hydrogen (secondary N) is 1. The fourth-order valence-electron chi connectivity index (χ4n) is 7.39. The molecule has 9 heteroatoms. The summed E-state index contributed by atoms with van der Waals surface area (Å²) in [6, 6.07) is 37.0. The fourth-order valence-corrected chi connectivity index (χ4v) is 7.39. The number of nitrogens with zero attached hydrogens (tertiary/aromatic N) is 4. The van der Waals surface area contributed by atoms with E-state index in [-0.39, 0.29) is 55.6 Å². The number of hydrogen-bond donors (Lipinski definition) is 2. The Morgan fingerprint density at radius 1 is 0.840 bits per heavy atom. The van der Waals surface area contributed by atoms with Crippen molar-refractivity contribution in [2.24, 2.45) is 5.92 Å². The Morgan fingerprint density at radius 3 is 2.26 bits per heavy atom. The molecule has 5 aromatic rings. The molecule has 254 valence electrons. The summed E-state index contributed by atoms with van der Waals surface area (Å²) in [6.45, 7) is 1.39. The Bertz CT molecular complexity index is 1910. The maximum atomic E-state index is 14.4. The minimum Gasteiger partial charge on any atom is -0.508 e. The Morgan fingerprint density at radius 2 is 1.54 bits per heavy atom. The summed E-state index contributed by atoms with van der Waals surface area (Å²) in [6.07, 6.45) is 2.42. The molecule has 0 saturated carbocycles. The van der Waals surface area contributed by atoms with E-state index in [4.69, 9.17) is 0 Å². The van der Waals surface area contributed by atoms with Crippen molar-refractivity contribution in [1.29, 1.82) is 0 Å². The second-order valence-electron chi connectivity index (χ2n) is 13.1. The average molecular weight is 668 g/mol. The van der Waals surface area contributed by atoms with Gasteiger partial charge in [-0.05, 0) is 53.3 Å². The van der Waals surface area contributed by atoms with Crippen LogP contribution in [0.25, 0.3) is 10.9 Å². The van der Waals surface area contributed by atoms with Crippen LogP contribution >= 0.6 is 0 Å². The van der Waals surface area contributed by atoms with E-state index in [1.807, 2.05) is 66.7 Å². The van der Waals surface area contributed by atoms with E-state index >= 15 is 0 Å². The minimum atomic E-state index is -0.619. The largest absolute Gasteiger partial charge is 0.508 e. The summed E-state index contributed by atoms with van der Waals surface area (Å²) in [5.74, 6) is -0.417. The molecule has 1 unspecified atom stereocenters. The molecule has 4 aromatic carbocycles. The van der Waals surface area contributed by atoms with Crippen LogP contribution < -0.4 is 5.32 Å². The second-order valence-corrected chi connectivity index (χ2v) is 13.1. The number of phenolic OH excluding ortho intramolecular Hbond substituents is 1. The minimum absolute atomic E-state index is 0.0653. The van der Waals surface area contributed by atoms with E-state index in [1.54, 1.807) is 45.2 Å². The molecule has 0 bridgehead atoms. The lowest BCUT2D eigenvalue weighted by atomic mass is 9.88. The van der Waals surface area contributed by atoms with Gasteiger partial charge in [0.15, 0.2) is 0 Å². The maximum absolute atomic E-state index is 14.4. The third-order valence-corrected chi connectivity index (χ3v) is 9.94. The van der Waals surface area contributed by atoms with Crippen molar-refractivity contribution in [2.75, 3.05) is 26.2 Å². The van der Waals surface area contributed by atoms with Crippen LogP contribution in [-0.2, 0) is 22.6 Å². The molecule has 1 aromatic heterocycles. The molecule has 0 radical (unpaired) electrons. The zero-order valence-electron chi connectivity index (χ0n) is 27.9. The van der Waals surface area contributed by atoms with Gasteiger partial charge in [0.05, 0.1) is 18.0 Å². The Labute approximate surface area is 292 Å². The van der Waals surface area contributed by atoms with Crippen LogP contribution in [0.1, 0.15) is 41.0 Å². The van der Waals surface area contributed by atoms with Gasteiger partial charge >= 0.3 is 6.03 Å². The van der Waals surface area contributed by atoms with Crippen LogP contribution in [0.15, 0.2) is 121 Å². The number of rotatable bonds is 9. The van der Waals surface area contributed by atoms with E-state index in [0.717, 1.165) is 22.0 Å². The summed E-state index contributed by atoms with van der Waals surface area (Å²) < 4.78 is 0. The van der Waals surface area contributed by atoms with Gasteiger partial charge in [-0.15, -0.1) is 0 Å². The van der Waals surface area contributed by atoms with Gasteiger partial charge in [0.1, 0.15) is 11.9 Å². The number of pyridine rings is 1.